The Morgan fingerprint density at radius 3 is 2.35 bits per heavy atom. The zero-order valence-corrected chi connectivity index (χ0v) is 28.0. The predicted molar refractivity (Wildman–Crippen MR) is 174 cm³/mol. The number of phenols is 1. The molecule has 0 radical (unpaired) electrons. The summed E-state index contributed by atoms with van der Waals surface area (Å²) >= 11 is 0. The van der Waals surface area contributed by atoms with E-state index in [9.17, 15) is 24.6 Å². The van der Waals surface area contributed by atoms with Crippen molar-refractivity contribution in [2.45, 2.75) is 110 Å². The summed E-state index contributed by atoms with van der Waals surface area (Å²) in [4.78, 5) is 40.8. The second kappa shape index (κ2) is 10.6. The smallest absolute Gasteiger partial charge is 0.330 e. The van der Waals surface area contributed by atoms with Crippen LogP contribution in [0, 0.1) is 11.8 Å². The van der Waals surface area contributed by atoms with Crippen LogP contribution in [0.25, 0.3) is 6.08 Å². The minimum atomic E-state index is -1.63. The van der Waals surface area contributed by atoms with Crippen LogP contribution in [0.3, 0.4) is 0 Å². The Morgan fingerprint density at radius 1 is 1.00 bits per heavy atom. The Hall–Kier alpha value is -3.91. The fraction of sp³-hybridized carbons (Fsp3) is 0.500. The van der Waals surface area contributed by atoms with Gasteiger partial charge >= 0.3 is 5.97 Å². The Labute approximate surface area is 270 Å². The van der Waals surface area contributed by atoms with Gasteiger partial charge in [-0.1, -0.05) is 35.5 Å². The van der Waals surface area contributed by atoms with Gasteiger partial charge in [0.1, 0.15) is 28.4 Å². The number of Topliss-reactive ketones (excluding diaryl/α,β-unsaturated/α-hetero) is 2. The van der Waals surface area contributed by atoms with Crippen molar-refractivity contribution in [3.8, 4) is 17.2 Å². The van der Waals surface area contributed by atoms with Crippen molar-refractivity contribution < 1.29 is 38.8 Å². The highest BCUT2D eigenvalue weighted by molar-refractivity contribution is 6.19. The highest BCUT2D eigenvalue weighted by Crippen LogP contribution is 2.68. The van der Waals surface area contributed by atoms with E-state index in [0.717, 1.165) is 12.0 Å². The Kier molecular flexibility index (Phi) is 7.36. The molecule has 8 nitrogen and oxygen atoms in total. The number of fused-ring (bicyclic) bond motifs is 2. The number of carbonyl (C=O) groups excluding carboxylic acids is 2. The van der Waals surface area contributed by atoms with E-state index in [1.165, 1.54) is 18.6 Å². The molecule has 1 saturated heterocycles. The van der Waals surface area contributed by atoms with Gasteiger partial charge in [0.25, 0.3) is 0 Å². The van der Waals surface area contributed by atoms with Crippen LogP contribution in [0.1, 0.15) is 103 Å². The van der Waals surface area contributed by atoms with Crippen LogP contribution in [0.2, 0.25) is 0 Å². The van der Waals surface area contributed by atoms with Gasteiger partial charge in [-0.15, -0.1) is 0 Å². The molecule has 3 aliphatic carbocycles. The van der Waals surface area contributed by atoms with E-state index in [0.29, 0.717) is 41.7 Å². The average Bonchev–Trinajstić information content (AvgIpc) is 3.12. The molecule has 1 spiro atoms. The molecular formula is C38H44O8. The number of ketones is 2. The maximum atomic E-state index is 14.7. The van der Waals surface area contributed by atoms with Crippen molar-refractivity contribution >= 4 is 23.6 Å². The summed E-state index contributed by atoms with van der Waals surface area (Å²) in [6.07, 6.45) is 13.4. The highest BCUT2D eigenvalue weighted by atomic mass is 16.6. The van der Waals surface area contributed by atoms with E-state index in [1.54, 1.807) is 6.08 Å². The molecule has 3 aliphatic heterocycles. The number of aromatic hydroxyl groups is 1. The molecule has 0 aromatic heterocycles. The molecule has 1 aromatic rings. The third kappa shape index (κ3) is 4.47. The largest absolute Gasteiger partial charge is 0.506 e. The first kappa shape index (κ1) is 32.0. The lowest BCUT2D eigenvalue weighted by Gasteiger charge is -2.56. The molecule has 46 heavy (non-hydrogen) atoms. The maximum absolute atomic E-state index is 14.7. The van der Waals surface area contributed by atoms with E-state index in [4.69, 9.17) is 14.2 Å². The lowest BCUT2D eigenvalue weighted by Crippen LogP contribution is -2.72. The first-order valence-corrected chi connectivity index (χ1v) is 16.2. The SMILES string of the molecule is CC(C)=CCC[C@]1(C)C=Cc2c(O)c3c(c(CC=C(C)C)c2O1)O[C@]12C(=CC4C[C@H]1C(C)(C)O[C@@]2(CC=C(C)C(=O)O)C4=O)C3=O. The van der Waals surface area contributed by atoms with Gasteiger partial charge in [0.15, 0.2) is 22.8 Å². The van der Waals surface area contributed by atoms with Gasteiger partial charge in [0.05, 0.1) is 11.2 Å². The molecule has 6 aliphatic rings. The molecule has 1 unspecified atom stereocenters. The minimum Gasteiger partial charge on any atom is -0.506 e. The van der Waals surface area contributed by atoms with Crippen LogP contribution < -0.4 is 9.47 Å². The summed E-state index contributed by atoms with van der Waals surface area (Å²) < 4.78 is 20.6. The molecule has 5 atom stereocenters. The Morgan fingerprint density at radius 2 is 1.70 bits per heavy atom. The number of benzene rings is 1. The summed E-state index contributed by atoms with van der Waals surface area (Å²) in [5, 5.41) is 21.4. The number of aliphatic carboxylic acids is 1. The Balaban J connectivity index is 1.59. The van der Waals surface area contributed by atoms with Crippen molar-refractivity contribution in [2.24, 2.45) is 11.8 Å². The predicted octanol–water partition coefficient (Wildman–Crippen LogP) is 7.24. The highest BCUT2D eigenvalue weighted by Gasteiger charge is 2.81. The fourth-order valence-electron chi connectivity index (χ4n) is 8.17. The van der Waals surface area contributed by atoms with E-state index in [2.05, 4.69) is 19.9 Å². The molecule has 0 amide bonds. The number of hydrogen-bond donors (Lipinski definition) is 2. The first-order valence-electron chi connectivity index (χ1n) is 16.2. The maximum Gasteiger partial charge on any atom is 0.330 e. The van der Waals surface area contributed by atoms with E-state index in [-0.39, 0.29) is 40.8 Å². The van der Waals surface area contributed by atoms with Gasteiger partial charge in [-0.3, -0.25) is 9.59 Å². The van der Waals surface area contributed by atoms with Gasteiger partial charge in [-0.2, -0.15) is 0 Å². The number of carbonyl (C=O) groups is 3. The number of rotatable bonds is 8. The lowest BCUT2D eigenvalue weighted by atomic mass is 9.51. The van der Waals surface area contributed by atoms with E-state index >= 15 is 0 Å². The summed E-state index contributed by atoms with van der Waals surface area (Å²) in [6.45, 7) is 15.4. The van der Waals surface area contributed by atoms with Crippen molar-refractivity contribution in [2.75, 3.05) is 0 Å². The van der Waals surface area contributed by atoms with Crippen LogP contribution in [0.5, 0.6) is 17.2 Å². The average molecular weight is 629 g/mol. The summed E-state index contributed by atoms with van der Waals surface area (Å²) in [5.74, 6) is -2.28. The number of hydrogen-bond acceptors (Lipinski definition) is 7. The zero-order chi connectivity index (χ0) is 33.6. The van der Waals surface area contributed by atoms with Crippen LogP contribution in [0.15, 0.2) is 52.7 Å². The van der Waals surface area contributed by atoms with Gasteiger partial charge in [-0.05, 0) is 93.2 Å². The topological polar surface area (TPSA) is 119 Å². The van der Waals surface area contributed by atoms with Gasteiger partial charge in [-0.25, -0.2) is 4.79 Å². The summed E-state index contributed by atoms with van der Waals surface area (Å²) in [5.41, 5.74) is -0.952. The van der Waals surface area contributed by atoms with Crippen molar-refractivity contribution in [3.05, 3.63) is 69.4 Å². The van der Waals surface area contributed by atoms with Crippen molar-refractivity contribution in [1.82, 2.24) is 0 Å². The number of phenolic OH excluding ortho intramolecular Hbond substituents is 1. The Bertz CT molecular complexity index is 1730. The van der Waals surface area contributed by atoms with Crippen molar-refractivity contribution in [3.63, 3.8) is 0 Å². The van der Waals surface area contributed by atoms with Crippen LogP contribution in [-0.4, -0.2) is 50.2 Å². The molecule has 2 fully saturated rings. The molecule has 244 valence electrons. The molecule has 1 aromatic carbocycles. The molecular weight excluding hydrogens is 584 g/mol. The van der Waals surface area contributed by atoms with Crippen LogP contribution in [0.4, 0.5) is 0 Å². The van der Waals surface area contributed by atoms with Gasteiger partial charge in [0.2, 0.25) is 0 Å². The standard InChI is InChI=1S/C38H44O8/c1-20(2)10-9-15-36(8)16-14-24-29(39)28-30(40)26-18-23-19-27-35(6,7)46-37(33(23)41,17-13-22(5)34(42)43)38(26,27)45-32(28)25(31(24)44-36)12-11-21(3)4/h10-11,13-14,16,18,23,27,39H,9,12,15,17,19H2,1-8H3,(H,42,43)/t23?,27-,36+,37-,38+/m0/s1. The van der Waals surface area contributed by atoms with E-state index < -0.39 is 40.1 Å². The minimum absolute atomic E-state index is 0.0544. The normalized spacial score (nSPS) is 31.2. The second-order valence-electron chi connectivity index (χ2n) is 14.8. The number of carboxylic acids is 1. The van der Waals surface area contributed by atoms with Gasteiger partial charge < -0.3 is 24.4 Å². The molecule has 1 saturated carbocycles. The summed E-state index contributed by atoms with van der Waals surface area (Å²) in [6, 6.07) is 0. The molecule has 4 bridgehead atoms. The monoisotopic (exact) mass is 628 g/mol. The number of allylic oxidation sites excluding steroid dienone is 5. The van der Waals surface area contributed by atoms with E-state index in [1.807, 2.05) is 52.8 Å². The van der Waals surface area contributed by atoms with Crippen molar-refractivity contribution in [1.29, 1.82) is 0 Å². The van der Waals surface area contributed by atoms with Gasteiger partial charge in [0, 0.05) is 35.0 Å². The number of carboxylic acid groups (broad SMARTS) is 1. The quantitative estimate of drug-likeness (QED) is 0.228. The zero-order valence-electron chi connectivity index (χ0n) is 28.0. The fourth-order valence-corrected chi connectivity index (χ4v) is 8.17. The lowest BCUT2D eigenvalue weighted by molar-refractivity contribution is -0.171. The third-order valence-corrected chi connectivity index (χ3v) is 10.5. The molecule has 2 N–H and O–H groups in total. The second-order valence-corrected chi connectivity index (χ2v) is 14.8. The first-order chi connectivity index (χ1) is 21.5. The molecule has 3 heterocycles. The third-order valence-electron chi connectivity index (χ3n) is 10.5. The number of ether oxygens (including phenoxy) is 3. The summed E-state index contributed by atoms with van der Waals surface area (Å²) in [7, 11) is 0. The van der Waals surface area contributed by atoms with Crippen LogP contribution >= 0.6 is 0 Å². The molecule has 7 rings (SSSR count). The van der Waals surface area contributed by atoms with Crippen LogP contribution in [-0.2, 0) is 20.7 Å². The molecule has 8 heteroatoms.